The molecule has 0 aliphatic carbocycles. The summed E-state index contributed by atoms with van der Waals surface area (Å²) in [6.45, 7) is 8.75. The summed E-state index contributed by atoms with van der Waals surface area (Å²) in [6.07, 6.45) is 1.91. The van der Waals surface area contributed by atoms with E-state index in [-0.39, 0.29) is 5.41 Å². The second-order valence-corrected chi connectivity index (χ2v) is 6.10. The third-order valence-corrected chi connectivity index (χ3v) is 3.16. The highest BCUT2D eigenvalue weighted by Gasteiger charge is 2.21. The Kier molecular flexibility index (Phi) is 4.13. The number of hydrogen-bond acceptors (Lipinski definition) is 6. The van der Waals surface area contributed by atoms with Gasteiger partial charge in [0.15, 0.2) is 0 Å². The molecule has 2 heterocycles. The lowest BCUT2D eigenvalue weighted by molar-refractivity contribution is 0.546. The average Bonchev–Trinajstić information content (AvgIpc) is 2.82. The highest BCUT2D eigenvalue weighted by atomic mass is 15.3. The quantitative estimate of drug-likeness (QED) is 0.586. The molecule has 0 fully saturated rings. The van der Waals surface area contributed by atoms with Crippen LogP contribution in [-0.4, -0.2) is 19.7 Å². The molecular weight excluding hydrogens is 266 g/mol. The Bertz CT molecular complexity index is 625. The van der Waals surface area contributed by atoms with Crippen molar-refractivity contribution in [2.24, 2.45) is 12.9 Å². The molecule has 0 atom stereocenters. The summed E-state index contributed by atoms with van der Waals surface area (Å²) in [4.78, 5) is 9.10. The molecule has 2 aromatic rings. The van der Waals surface area contributed by atoms with Gasteiger partial charge in [-0.1, -0.05) is 20.8 Å². The summed E-state index contributed by atoms with van der Waals surface area (Å²) >= 11 is 0. The fourth-order valence-electron chi connectivity index (χ4n) is 1.90. The highest BCUT2D eigenvalue weighted by Crippen LogP contribution is 2.26. The maximum absolute atomic E-state index is 5.56. The van der Waals surface area contributed by atoms with Gasteiger partial charge in [0.05, 0.1) is 12.2 Å². The van der Waals surface area contributed by atoms with E-state index >= 15 is 0 Å². The monoisotopic (exact) mass is 289 g/mol. The molecule has 0 aliphatic heterocycles. The van der Waals surface area contributed by atoms with Crippen molar-refractivity contribution >= 4 is 11.6 Å². The molecule has 0 aliphatic rings. The van der Waals surface area contributed by atoms with Crippen molar-refractivity contribution in [3.63, 3.8) is 0 Å². The second kappa shape index (κ2) is 5.69. The van der Waals surface area contributed by atoms with E-state index in [0.717, 1.165) is 22.9 Å². The van der Waals surface area contributed by atoms with Crippen LogP contribution in [0.15, 0.2) is 12.3 Å². The Morgan fingerprint density at radius 3 is 2.43 bits per heavy atom. The number of nitrogens with zero attached hydrogens (tertiary/aromatic N) is 4. The van der Waals surface area contributed by atoms with Crippen LogP contribution < -0.4 is 16.6 Å². The molecule has 7 nitrogen and oxygen atoms in total. The van der Waals surface area contributed by atoms with Gasteiger partial charge in [0.1, 0.15) is 17.5 Å². The zero-order chi connectivity index (χ0) is 15.6. The lowest BCUT2D eigenvalue weighted by Gasteiger charge is -2.20. The number of nitrogen functional groups attached to an aromatic ring is 1. The smallest absolute Gasteiger partial charge is 0.148 e. The summed E-state index contributed by atoms with van der Waals surface area (Å²) in [6, 6.07) is 1.97. The Morgan fingerprint density at radius 2 is 1.90 bits per heavy atom. The standard InChI is InChI=1S/C14H23N7/c1-9-11(16-8-10-6-7-21(5)20-10)17-13(14(2,3)4)18-12(9)19-15/h6-7H,8,15H2,1-5H3,(H2,16,17,18,19). The molecule has 0 saturated carbocycles. The zero-order valence-corrected chi connectivity index (χ0v) is 13.2. The molecule has 114 valence electrons. The van der Waals surface area contributed by atoms with Gasteiger partial charge in [-0.15, -0.1) is 0 Å². The minimum atomic E-state index is -0.152. The van der Waals surface area contributed by atoms with Crippen molar-refractivity contribution in [3.05, 3.63) is 29.3 Å². The Hall–Kier alpha value is -2.15. The van der Waals surface area contributed by atoms with Crippen molar-refractivity contribution in [3.8, 4) is 0 Å². The summed E-state index contributed by atoms with van der Waals surface area (Å²) in [5, 5.41) is 7.65. The minimum Gasteiger partial charge on any atom is -0.364 e. The lowest BCUT2D eigenvalue weighted by Crippen LogP contribution is -2.21. The Balaban J connectivity index is 2.28. The van der Waals surface area contributed by atoms with Crippen LogP contribution in [0.25, 0.3) is 0 Å². The van der Waals surface area contributed by atoms with Gasteiger partial charge in [-0.05, 0) is 13.0 Å². The van der Waals surface area contributed by atoms with Crippen LogP contribution in [0.3, 0.4) is 0 Å². The molecular formula is C14H23N7. The maximum atomic E-state index is 5.56. The molecule has 0 aromatic carbocycles. The van der Waals surface area contributed by atoms with Crippen LogP contribution in [0.4, 0.5) is 11.6 Å². The summed E-state index contributed by atoms with van der Waals surface area (Å²) in [7, 11) is 1.90. The number of rotatable bonds is 4. The van der Waals surface area contributed by atoms with E-state index in [1.165, 1.54) is 0 Å². The molecule has 7 heteroatoms. The van der Waals surface area contributed by atoms with Crippen LogP contribution >= 0.6 is 0 Å². The number of nitrogens with one attached hydrogen (secondary N) is 2. The van der Waals surface area contributed by atoms with Gasteiger partial charge in [0.25, 0.3) is 0 Å². The zero-order valence-electron chi connectivity index (χ0n) is 13.2. The number of aryl methyl sites for hydroxylation is 1. The first-order valence-electron chi connectivity index (χ1n) is 6.89. The van der Waals surface area contributed by atoms with E-state index in [2.05, 4.69) is 46.6 Å². The molecule has 21 heavy (non-hydrogen) atoms. The van der Waals surface area contributed by atoms with E-state index in [1.807, 2.05) is 26.2 Å². The predicted molar refractivity (Wildman–Crippen MR) is 83.8 cm³/mol. The number of hydrogen-bond donors (Lipinski definition) is 3. The molecule has 4 N–H and O–H groups in total. The van der Waals surface area contributed by atoms with Crippen LogP contribution in [0.1, 0.15) is 37.9 Å². The van der Waals surface area contributed by atoms with Crippen LogP contribution in [0.5, 0.6) is 0 Å². The molecule has 0 radical (unpaired) electrons. The SMILES string of the molecule is Cc1c(NN)nc(C(C)(C)C)nc1NCc1ccn(C)n1. The van der Waals surface area contributed by atoms with Crippen LogP contribution in [-0.2, 0) is 19.0 Å². The van der Waals surface area contributed by atoms with Gasteiger partial charge >= 0.3 is 0 Å². The summed E-state index contributed by atoms with van der Waals surface area (Å²) < 4.78 is 1.78. The number of anilines is 2. The summed E-state index contributed by atoms with van der Waals surface area (Å²) in [5.41, 5.74) is 4.33. The number of nitrogens with two attached hydrogens (primary N) is 1. The topological polar surface area (TPSA) is 93.7 Å². The van der Waals surface area contributed by atoms with E-state index in [9.17, 15) is 0 Å². The first-order valence-corrected chi connectivity index (χ1v) is 6.89. The largest absolute Gasteiger partial charge is 0.364 e. The van der Waals surface area contributed by atoms with Crippen molar-refractivity contribution < 1.29 is 0 Å². The van der Waals surface area contributed by atoms with E-state index in [4.69, 9.17) is 5.84 Å². The van der Waals surface area contributed by atoms with Gasteiger partial charge in [0, 0.05) is 24.2 Å². The van der Waals surface area contributed by atoms with Crippen molar-refractivity contribution in [1.29, 1.82) is 0 Å². The molecule has 0 amide bonds. The third kappa shape index (κ3) is 3.49. The van der Waals surface area contributed by atoms with Gasteiger partial charge in [-0.2, -0.15) is 5.10 Å². The van der Waals surface area contributed by atoms with Gasteiger partial charge < -0.3 is 10.7 Å². The Labute approximate surface area is 124 Å². The normalized spacial score (nSPS) is 11.5. The molecule has 0 unspecified atom stereocenters. The highest BCUT2D eigenvalue weighted by molar-refractivity contribution is 5.57. The van der Waals surface area contributed by atoms with Crippen LogP contribution in [0.2, 0.25) is 0 Å². The average molecular weight is 289 g/mol. The summed E-state index contributed by atoms with van der Waals surface area (Å²) in [5.74, 6) is 7.71. The van der Waals surface area contributed by atoms with Gasteiger partial charge in [0.2, 0.25) is 0 Å². The minimum absolute atomic E-state index is 0.152. The maximum Gasteiger partial charge on any atom is 0.148 e. The van der Waals surface area contributed by atoms with Crippen LogP contribution in [0, 0.1) is 6.92 Å². The first-order chi connectivity index (χ1) is 9.81. The molecule has 0 saturated heterocycles. The van der Waals surface area contributed by atoms with Crippen molar-refractivity contribution in [2.75, 3.05) is 10.7 Å². The second-order valence-electron chi connectivity index (χ2n) is 6.10. The fourth-order valence-corrected chi connectivity index (χ4v) is 1.90. The van der Waals surface area contributed by atoms with Gasteiger partial charge in [-0.3, -0.25) is 4.68 Å². The van der Waals surface area contributed by atoms with E-state index in [0.29, 0.717) is 12.4 Å². The molecule has 2 rings (SSSR count). The predicted octanol–water partition coefficient (Wildman–Crippen LogP) is 1.71. The third-order valence-electron chi connectivity index (χ3n) is 3.16. The van der Waals surface area contributed by atoms with E-state index < -0.39 is 0 Å². The van der Waals surface area contributed by atoms with E-state index in [1.54, 1.807) is 4.68 Å². The van der Waals surface area contributed by atoms with Crippen molar-refractivity contribution in [1.82, 2.24) is 19.7 Å². The fraction of sp³-hybridized carbons (Fsp3) is 0.500. The lowest BCUT2D eigenvalue weighted by atomic mass is 9.95. The Morgan fingerprint density at radius 1 is 1.24 bits per heavy atom. The molecule has 2 aromatic heterocycles. The molecule has 0 spiro atoms. The molecule has 0 bridgehead atoms. The number of hydrazine groups is 1. The number of aromatic nitrogens is 4. The van der Waals surface area contributed by atoms with Crippen molar-refractivity contribution in [2.45, 2.75) is 39.7 Å². The first kappa shape index (κ1) is 15.2. The van der Waals surface area contributed by atoms with Gasteiger partial charge in [-0.25, -0.2) is 15.8 Å².